The molecule has 1 N–H and O–H groups in total. The summed E-state index contributed by atoms with van der Waals surface area (Å²) in [6.07, 6.45) is -2.70. The molecule has 0 unspecified atom stereocenters. The molecule has 2 aromatic carbocycles. The Balaban J connectivity index is 1.74. The summed E-state index contributed by atoms with van der Waals surface area (Å²) in [5, 5.41) is 2.03. The minimum atomic E-state index is -4.79. The first-order valence-corrected chi connectivity index (χ1v) is 12.5. The third-order valence-electron chi connectivity index (χ3n) is 5.36. The Kier molecular flexibility index (Phi) is 7.77. The number of anilines is 1. The highest BCUT2D eigenvalue weighted by molar-refractivity contribution is 7.92. The molecule has 1 saturated heterocycles. The highest BCUT2D eigenvalue weighted by Gasteiger charge is 2.34. The van der Waals surface area contributed by atoms with E-state index in [1.165, 1.54) is 0 Å². The van der Waals surface area contributed by atoms with E-state index in [-0.39, 0.29) is 18.1 Å². The molecule has 3 rings (SSSR count). The number of likely N-dealkylation sites (tertiary alicyclic amines) is 1. The van der Waals surface area contributed by atoms with Crippen LogP contribution in [0.3, 0.4) is 0 Å². The maximum Gasteiger partial charge on any atom is 0.417 e. The van der Waals surface area contributed by atoms with E-state index in [4.69, 9.17) is 11.6 Å². The van der Waals surface area contributed by atoms with Crippen molar-refractivity contribution < 1.29 is 31.2 Å². The third kappa shape index (κ3) is 6.41. The van der Waals surface area contributed by atoms with E-state index in [2.05, 4.69) is 5.32 Å². The lowest BCUT2D eigenvalue weighted by Gasteiger charge is -2.23. The van der Waals surface area contributed by atoms with Crippen LogP contribution in [0.1, 0.15) is 29.5 Å². The fourth-order valence-corrected chi connectivity index (χ4v) is 4.70. The summed E-state index contributed by atoms with van der Waals surface area (Å²) in [6, 6.07) is 9.83. The summed E-state index contributed by atoms with van der Waals surface area (Å²) in [5.41, 5.74) is 0.0475. The molecule has 7 nitrogen and oxygen atoms in total. The zero-order valence-electron chi connectivity index (χ0n) is 18.2. The van der Waals surface area contributed by atoms with Crippen molar-refractivity contribution in [3.63, 3.8) is 0 Å². The van der Waals surface area contributed by atoms with Crippen LogP contribution in [0, 0.1) is 0 Å². The summed E-state index contributed by atoms with van der Waals surface area (Å²) in [5.74, 6) is -0.648. The van der Waals surface area contributed by atoms with Crippen LogP contribution < -0.4 is 9.62 Å². The Labute approximate surface area is 200 Å². The molecular weight excluding hydrogens is 495 g/mol. The van der Waals surface area contributed by atoms with Crippen molar-refractivity contribution in [1.29, 1.82) is 0 Å². The van der Waals surface area contributed by atoms with Crippen LogP contribution in [0.15, 0.2) is 42.5 Å². The molecule has 0 spiro atoms. The second-order valence-electron chi connectivity index (χ2n) is 7.90. The fraction of sp³-hybridized carbons (Fsp3) is 0.364. The molecule has 1 aliphatic rings. The van der Waals surface area contributed by atoms with E-state index in [9.17, 15) is 31.2 Å². The first-order valence-electron chi connectivity index (χ1n) is 10.3. The Morgan fingerprint density at radius 2 is 1.85 bits per heavy atom. The van der Waals surface area contributed by atoms with Gasteiger partial charge in [0.2, 0.25) is 21.8 Å². The van der Waals surface area contributed by atoms with Crippen LogP contribution in [-0.4, -0.2) is 44.5 Å². The minimum absolute atomic E-state index is 0.0586. The average Bonchev–Trinajstić information content (AvgIpc) is 3.15. The van der Waals surface area contributed by atoms with Crippen LogP contribution in [0.4, 0.5) is 18.9 Å². The molecule has 0 bridgehead atoms. The lowest BCUT2D eigenvalue weighted by atomic mass is 10.1. The largest absolute Gasteiger partial charge is 0.417 e. The first-order chi connectivity index (χ1) is 15.9. The van der Waals surface area contributed by atoms with E-state index in [0.29, 0.717) is 29.9 Å². The van der Waals surface area contributed by atoms with Gasteiger partial charge in [-0.15, -0.1) is 0 Å². The number of rotatable bonds is 8. The Morgan fingerprint density at radius 3 is 2.44 bits per heavy atom. The smallest absolute Gasteiger partial charge is 0.350 e. The molecule has 0 saturated carbocycles. The number of hydrogen-bond acceptors (Lipinski definition) is 4. The molecule has 184 valence electrons. The standard InChI is InChI=1S/C22H23ClF3N3O4S/c1-34(32,33)29(17-8-9-19(23)18(11-17)22(24,25)26)14-20(30)27-12-15-5-2-3-6-16(15)13-28-10-4-7-21(28)31/h2-3,5-6,8-9,11H,4,7,10,12-14H2,1H3,(H,27,30). The fourth-order valence-electron chi connectivity index (χ4n) is 3.63. The van der Waals surface area contributed by atoms with Gasteiger partial charge in [0.15, 0.2) is 0 Å². The van der Waals surface area contributed by atoms with Crippen molar-refractivity contribution in [1.82, 2.24) is 10.2 Å². The number of halogens is 4. The van der Waals surface area contributed by atoms with Gasteiger partial charge in [-0.2, -0.15) is 13.2 Å². The minimum Gasteiger partial charge on any atom is -0.350 e. The predicted octanol–water partition coefficient (Wildman–Crippen LogP) is 3.56. The van der Waals surface area contributed by atoms with Gasteiger partial charge >= 0.3 is 6.18 Å². The molecule has 1 heterocycles. The number of nitrogens with zero attached hydrogens (tertiary/aromatic N) is 2. The molecule has 0 aromatic heterocycles. The van der Waals surface area contributed by atoms with Crippen molar-refractivity contribution >= 4 is 39.1 Å². The molecule has 1 fully saturated rings. The molecule has 0 atom stereocenters. The monoisotopic (exact) mass is 517 g/mol. The van der Waals surface area contributed by atoms with Gasteiger partial charge < -0.3 is 10.2 Å². The van der Waals surface area contributed by atoms with Gasteiger partial charge in [-0.05, 0) is 35.7 Å². The summed E-state index contributed by atoms with van der Waals surface area (Å²) in [6.45, 7) is 0.392. The maximum atomic E-state index is 13.2. The lowest BCUT2D eigenvalue weighted by Crippen LogP contribution is -2.40. The van der Waals surface area contributed by atoms with Gasteiger partial charge in [0.1, 0.15) is 6.54 Å². The molecular formula is C22H23ClF3N3O4S. The second kappa shape index (κ2) is 10.2. The molecule has 2 aromatic rings. The third-order valence-corrected chi connectivity index (χ3v) is 6.83. The van der Waals surface area contributed by atoms with Crippen LogP contribution >= 0.6 is 11.6 Å². The zero-order chi connectivity index (χ0) is 25.1. The van der Waals surface area contributed by atoms with Crippen molar-refractivity contribution in [3.8, 4) is 0 Å². The number of amides is 2. The number of carbonyl (C=O) groups excluding carboxylic acids is 2. The highest BCUT2D eigenvalue weighted by atomic mass is 35.5. The molecule has 0 aliphatic carbocycles. The Hall–Kier alpha value is -2.79. The topological polar surface area (TPSA) is 86.8 Å². The van der Waals surface area contributed by atoms with Crippen molar-refractivity contribution in [3.05, 3.63) is 64.2 Å². The number of nitrogens with one attached hydrogen (secondary N) is 1. The van der Waals surface area contributed by atoms with E-state index in [0.717, 1.165) is 35.9 Å². The summed E-state index contributed by atoms with van der Waals surface area (Å²) < 4.78 is 64.7. The molecule has 34 heavy (non-hydrogen) atoms. The van der Waals surface area contributed by atoms with Gasteiger partial charge in [0.25, 0.3) is 0 Å². The normalized spacial score (nSPS) is 14.4. The molecule has 2 amide bonds. The van der Waals surface area contributed by atoms with Gasteiger partial charge in [-0.25, -0.2) is 8.42 Å². The predicted molar refractivity (Wildman–Crippen MR) is 122 cm³/mol. The molecule has 0 radical (unpaired) electrons. The van der Waals surface area contributed by atoms with Crippen LogP contribution in [-0.2, 0) is 38.9 Å². The number of alkyl halides is 3. The van der Waals surface area contributed by atoms with Crippen molar-refractivity contribution in [2.45, 2.75) is 32.1 Å². The average molecular weight is 518 g/mol. The summed E-state index contributed by atoms with van der Waals surface area (Å²) >= 11 is 5.62. The van der Waals surface area contributed by atoms with Crippen LogP contribution in [0.25, 0.3) is 0 Å². The van der Waals surface area contributed by atoms with E-state index >= 15 is 0 Å². The number of carbonyl (C=O) groups is 2. The molecule has 1 aliphatic heterocycles. The number of benzene rings is 2. The zero-order valence-corrected chi connectivity index (χ0v) is 19.8. The Bertz CT molecular complexity index is 1190. The van der Waals surface area contributed by atoms with E-state index < -0.39 is 39.2 Å². The number of hydrogen-bond donors (Lipinski definition) is 1. The van der Waals surface area contributed by atoms with E-state index in [1.54, 1.807) is 17.0 Å². The van der Waals surface area contributed by atoms with Gasteiger partial charge in [-0.3, -0.25) is 13.9 Å². The Morgan fingerprint density at radius 1 is 1.18 bits per heavy atom. The van der Waals surface area contributed by atoms with Gasteiger partial charge in [-0.1, -0.05) is 35.9 Å². The van der Waals surface area contributed by atoms with E-state index in [1.807, 2.05) is 12.1 Å². The van der Waals surface area contributed by atoms with Gasteiger partial charge in [0.05, 0.1) is 22.5 Å². The van der Waals surface area contributed by atoms with Gasteiger partial charge in [0, 0.05) is 26.1 Å². The summed E-state index contributed by atoms with van der Waals surface area (Å²) in [7, 11) is -4.08. The molecule has 12 heteroatoms. The lowest BCUT2D eigenvalue weighted by molar-refractivity contribution is -0.137. The summed E-state index contributed by atoms with van der Waals surface area (Å²) in [4.78, 5) is 26.2. The number of sulfonamides is 1. The highest BCUT2D eigenvalue weighted by Crippen LogP contribution is 2.37. The van der Waals surface area contributed by atoms with Crippen molar-refractivity contribution in [2.24, 2.45) is 0 Å². The maximum absolute atomic E-state index is 13.2. The van der Waals surface area contributed by atoms with Crippen LogP contribution in [0.5, 0.6) is 0 Å². The van der Waals surface area contributed by atoms with Crippen molar-refractivity contribution in [2.75, 3.05) is 23.7 Å². The SMILES string of the molecule is CS(=O)(=O)N(CC(=O)NCc1ccccc1CN1CCCC1=O)c1ccc(Cl)c(C(F)(F)F)c1. The quantitative estimate of drug-likeness (QED) is 0.580. The second-order valence-corrected chi connectivity index (χ2v) is 10.2. The van der Waals surface area contributed by atoms with Crippen LogP contribution in [0.2, 0.25) is 5.02 Å². The first kappa shape index (κ1) is 25.8.